The number of esters is 1. The van der Waals surface area contributed by atoms with E-state index in [9.17, 15) is 38.2 Å². The van der Waals surface area contributed by atoms with Crippen molar-refractivity contribution in [1.29, 1.82) is 0 Å². The summed E-state index contributed by atoms with van der Waals surface area (Å²) in [4.78, 5) is 68.4. The van der Waals surface area contributed by atoms with Gasteiger partial charge in [-0.2, -0.15) is 0 Å². The number of fused-ring (bicyclic) bond motifs is 2. The van der Waals surface area contributed by atoms with Gasteiger partial charge in [0, 0.05) is 73.1 Å². The van der Waals surface area contributed by atoms with E-state index >= 15 is 0 Å². The van der Waals surface area contributed by atoms with Gasteiger partial charge in [-0.05, 0) is 43.3 Å². The molecule has 2 saturated heterocycles. The van der Waals surface area contributed by atoms with E-state index < -0.39 is 46.5 Å². The number of likely N-dealkylation sites (N-methyl/N-ethyl adjacent to an activating group) is 2. The van der Waals surface area contributed by atoms with E-state index in [4.69, 9.17) is 10.5 Å². The molecule has 3 amide bonds. The largest absolute Gasteiger partial charge is 0.461 e. The molecule has 0 aliphatic carbocycles. The van der Waals surface area contributed by atoms with Gasteiger partial charge in [0.15, 0.2) is 17.3 Å². The third-order valence-corrected chi connectivity index (χ3v) is 10.1. The lowest BCUT2D eigenvalue weighted by Crippen LogP contribution is -2.37. The third-order valence-electron chi connectivity index (χ3n) is 10.1. The molecule has 0 bridgehead atoms. The second kappa shape index (κ2) is 17.1. The van der Waals surface area contributed by atoms with Gasteiger partial charge in [0.05, 0.1) is 6.61 Å². The van der Waals surface area contributed by atoms with Gasteiger partial charge in [0.2, 0.25) is 11.2 Å². The summed E-state index contributed by atoms with van der Waals surface area (Å²) < 4.78 is 33.8. The minimum atomic E-state index is -1.72. The predicted octanol–water partition coefficient (Wildman–Crippen LogP) is 4.04. The van der Waals surface area contributed by atoms with Gasteiger partial charge in [0.1, 0.15) is 28.4 Å². The Morgan fingerprint density at radius 3 is 1.56 bits per heavy atom. The summed E-state index contributed by atoms with van der Waals surface area (Å²) in [5.74, 6) is 7.65. The molecule has 0 saturated carbocycles. The predicted molar refractivity (Wildman–Crippen MR) is 223 cm³/mol. The number of nitrogens with two attached hydrogens (primary N) is 1. The van der Waals surface area contributed by atoms with Crippen LogP contribution in [0.1, 0.15) is 51.9 Å². The van der Waals surface area contributed by atoms with E-state index in [2.05, 4.69) is 43.6 Å². The number of ether oxygens (including phenoxy) is 1. The molecule has 8 rings (SSSR count). The fraction of sp³-hybridized carbons (Fsp3) is 0.217. The Labute approximate surface area is 353 Å². The number of hydrogen-bond acceptors (Lipinski definition) is 11. The first-order valence-electron chi connectivity index (χ1n) is 19.2. The third kappa shape index (κ3) is 8.51. The molecule has 2 atom stereocenters. The summed E-state index contributed by atoms with van der Waals surface area (Å²) >= 11 is 0. The summed E-state index contributed by atoms with van der Waals surface area (Å²) in [6, 6.07) is 22.0. The average Bonchev–Trinajstić information content (AvgIpc) is 3.69. The summed E-state index contributed by atoms with van der Waals surface area (Å²) in [6.45, 7) is 2.68. The van der Waals surface area contributed by atoms with Crippen molar-refractivity contribution in [3.63, 3.8) is 0 Å². The number of nitrogens with zero attached hydrogens (tertiary/aromatic N) is 6. The summed E-state index contributed by atoms with van der Waals surface area (Å²) in [5, 5.41) is 21.4. The highest BCUT2D eigenvalue weighted by atomic mass is 19.1. The lowest BCUT2D eigenvalue weighted by Gasteiger charge is -2.13. The molecule has 6 aromatic rings. The van der Waals surface area contributed by atoms with E-state index in [1.54, 1.807) is 75.6 Å². The van der Waals surface area contributed by atoms with Crippen LogP contribution in [0.3, 0.4) is 0 Å². The van der Waals surface area contributed by atoms with Gasteiger partial charge in [0.25, 0.3) is 17.7 Å². The number of carbonyl (C=O) groups is 4. The molecule has 0 unspecified atom stereocenters. The van der Waals surface area contributed by atoms with Crippen LogP contribution in [-0.2, 0) is 14.3 Å². The molecule has 2 aliphatic heterocycles. The highest BCUT2D eigenvalue weighted by molar-refractivity contribution is 6.04. The maximum absolute atomic E-state index is 14.5. The minimum absolute atomic E-state index is 0.00550. The lowest BCUT2D eigenvalue weighted by atomic mass is 10.0. The second-order valence-electron chi connectivity index (χ2n) is 14.5. The normalized spacial score (nSPS) is 18.1. The van der Waals surface area contributed by atoms with Crippen LogP contribution < -0.4 is 5.73 Å². The van der Waals surface area contributed by atoms with Crippen LogP contribution in [0.25, 0.3) is 44.6 Å². The number of benzene rings is 4. The van der Waals surface area contributed by atoms with E-state index in [0.29, 0.717) is 35.3 Å². The van der Waals surface area contributed by atoms with Crippen molar-refractivity contribution in [2.75, 3.05) is 33.8 Å². The van der Waals surface area contributed by atoms with E-state index in [1.807, 2.05) is 0 Å². The zero-order chi connectivity index (χ0) is 44.3. The minimum Gasteiger partial charge on any atom is -0.461 e. The number of aliphatic hydroxyl groups is 2. The van der Waals surface area contributed by atoms with Crippen LogP contribution in [0.5, 0.6) is 0 Å². The smallest absolute Gasteiger partial charge is 0.357 e. The zero-order valence-electron chi connectivity index (χ0n) is 33.6. The number of halogens is 2. The van der Waals surface area contributed by atoms with Crippen molar-refractivity contribution in [2.45, 2.75) is 31.0 Å². The zero-order valence-corrected chi connectivity index (χ0v) is 33.6. The summed E-state index contributed by atoms with van der Waals surface area (Å²) in [7, 11) is 3.22. The van der Waals surface area contributed by atoms with E-state index in [1.165, 1.54) is 40.1 Å². The molecule has 0 radical (unpaired) electrons. The summed E-state index contributed by atoms with van der Waals surface area (Å²) in [5.41, 5.74) is 3.86. The van der Waals surface area contributed by atoms with E-state index in [0.717, 1.165) is 0 Å². The molecule has 2 aliphatic rings. The van der Waals surface area contributed by atoms with Gasteiger partial charge in [-0.1, -0.05) is 72.2 Å². The van der Waals surface area contributed by atoms with Crippen LogP contribution in [-0.4, -0.2) is 109 Å². The molecule has 312 valence electrons. The van der Waals surface area contributed by atoms with Crippen molar-refractivity contribution in [3.05, 3.63) is 119 Å². The SMILES string of the molecule is CCOC(=O)c1nc(-c2cccc(C#C[C@]3(O)CCN(C)C3=O)c2)nc2c(F)cccc12.CN1CC[C@@](O)(C#Cc2cccc(-c3nc(C(N)=O)c4cccc(F)c4n3)c2)C1=O. The van der Waals surface area contributed by atoms with Gasteiger partial charge >= 0.3 is 5.97 Å². The molecule has 14 nitrogen and oxygen atoms in total. The molecular weight excluding hydrogens is 801 g/mol. The first-order chi connectivity index (χ1) is 29.6. The Balaban J connectivity index is 0.000000187. The van der Waals surface area contributed by atoms with Gasteiger partial charge in [-0.15, -0.1) is 0 Å². The molecule has 2 aromatic heterocycles. The number of carbonyl (C=O) groups excluding carboxylic acids is 4. The Bertz CT molecular complexity index is 2960. The molecular formula is C46H37F2N7O7. The first-order valence-corrected chi connectivity index (χ1v) is 19.2. The molecule has 4 aromatic carbocycles. The number of likely N-dealkylation sites (tertiary alicyclic amines) is 2. The van der Waals surface area contributed by atoms with Gasteiger partial charge in [-0.3, -0.25) is 14.4 Å². The maximum Gasteiger partial charge on any atom is 0.357 e. The Morgan fingerprint density at radius 1 is 0.710 bits per heavy atom. The highest BCUT2D eigenvalue weighted by Crippen LogP contribution is 2.27. The van der Waals surface area contributed by atoms with Crippen molar-refractivity contribution in [3.8, 4) is 46.5 Å². The molecule has 2 fully saturated rings. The standard InChI is InChI=1S/C24H20FN3O4.C22H17FN4O3/c1-3-32-22(29)20-17-8-5-9-18(25)19(17)26-21(27-20)16-7-4-6-15(14-16)10-11-24(31)12-13-28(2)23(24)30;1-27-11-10-22(30,21(27)29)9-8-13-4-2-5-14(12-13)20-25-17-15(6-3-7-16(17)23)18(26-20)19(24)28/h4-9,14,31H,3,12-13H2,1-2H3;2-7,12,30H,10-11H2,1H3,(H2,24,28)/t24-;22-/m00/s1. The second-order valence-corrected chi connectivity index (χ2v) is 14.5. The van der Waals surface area contributed by atoms with E-state index in [-0.39, 0.29) is 64.3 Å². The molecule has 0 spiro atoms. The fourth-order valence-electron chi connectivity index (χ4n) is 6.80. The Hall–Kier alpha value is -7.66. The average molecular weight is 838 g/mol. The lowest BCUT2D eigenvalue weighted by molar-refractivity contribution is -0.138. The summed E-state index contributed by atoms with van der Waals surface area (Å²) in [6.07, 6.45) is 0.453. The molecule has 4 heterocycles. The number of rotatable bonds is 5. The number of primary amides is 1. The number of aromatic nitrogens is 4. The van der Waals surface area contributed by atoms with Crippen molar-refractivity contribution in [2.24, 2.45) is 5.73 Å². The molecule has 16 heteroatoms. The van der Waals surface area contributed by atoms with Gasteiger partial charge in [-0.25, -0.2) is 33.5 Å². The first kappa shape index (κ1) is 42.5. The van der Waals surface area contributed by atoms with Crippen LogP contribution in [0, 0.1) is 35.3 Å². The van der Waals surface area contributed by atoms with Crippen LogP contribution in [0.2, 0.25) is 0 Å². The Kier molecular flexibility index (Phi) is 11.7. The quantitative estimate of drug-likeness (QED) is 0.167. The maximum atomic E-state index is 14.5. The number of para-hydroxylation sites is 2. The fourth-order valence-corrected chi connectivity index (χ4v) is 6.80. The van der Waals surface area contributed by atoms with Crippen LogP contribution >= 0.6 is 0 Å². The molecule has 62 heavy (non-hydrogen) atoms. The topological polar surface area (TPSA) is 202 Å². The van der Waals surface area contributed by atoms with Crippen molar-refractivity contribution in [1.82, 2.24) is 29.7 Å². The van der Waals surface area contributed by atoms with Gasteiger partial charge < -0.3 is 30.5 Å². The van der Waals surface area contributed by atoms with Crippen molar-refractivity contribution < 1.29 is 42.9 Å². The molecule has 4 N–H and O–H groups in total. The number of hydrogen-bond donors (Lipinski definition) is 3. The highest BCUT2D eigenvalue weighted by Gasteiger charge is 2.43. The van der Waals surface area contributed by atoms with Crippen LogP contribution in [0.15, 0.2) is 84.9 Å². The van der Waals surface area contributed by atoms with Crippen molar-refractivity contribution >= 4 is 45.5 Å². The number of amides is 3. The Morgan fingerprint density at radius 2 is 1.15 bits per heavy atom. The monoisotopic (exact) mass is 837 g/mol. The van der Waals surface area contributed by atoms with Crippen LogP contribution in [0.4, 0.5) is 8.78 Å².